The summed E-state index contributed by atoms with van der Waals surface area (Å²) in [7, 11) is 0. The van der Waals surface area contributed by atoms with Crippen molar-refractivity contribution in [3.05, 3.63) is 64.5 Å². The van der Waals surface area contributed by atoms with Crippen molar-refractivity contribution in [1.29, 1.82) is 0 Å². The van der Waals surface area contributed by atoms with Crippen LogP contribution in [0, 0.1) is 5.82 Å². The molecule has 2 aromatic heterocycles. The summed E-state index contributed by atoms with van der Waals surface area (Å²) < 4.78 is 29.6. The van der Waals surface area contributed by atoms with E-state index >= 15 is 0 Å². The second-order valence-corrected chi connectivity index (χ2v) is 8.24. The number of thioether (sulfide) groups is 1. The number of hydrogen-bond acceptors (Lipinski definition) is 9. The Morgan fingerprint density at radius 3 is 2.63 bits per heavy atom. The second-order valence-electron chi connectivity index (χ2n) is 7.32. The third-order valence-electron chi connectivity index (χ3n) is 4.65. The zero-order chi connectivity index (χ0) is 24.7. The van der Waals surface area contributed by atoms with Crippen LogP contribution in [-0.2, 0) is 15.3 Å². The molecule has 10 nitrogen and oxygen atoms in total. The molecule has 2 heterocycles. The SMILES string of the molecule is [N-]=[N+]=NCCOCCCC(=O)CCCOc1ccc(CSc2nnc(-c3ccc(F)cc3)o2)nc1. The summed E-state index contributed by atoms with van der Waals surface area (Å²) in [5.41, 5.74) is 9.63. The van der Waals surface area contributed by atoms with E-state index in [1.54, 1.807) is 18.3 Å². The highest BCUT2D eigenvalue weighted by Gasteiger charge is 2.10. The highest BCUT2D eigenvalue weighted by Crippen LogP contribution is 2.25. The van der Waals surface area contributed by atoms with E-state index in [4.69, 9.17) is 19.4 Å². The Bertz CT molecular complexity index is 1100. The Morgan fingerprint density at radius 1 is 1.09 bits per heavy atom. The molecule has 3 aromatic rings. The summed E-state index contributed by atoms with van der Waals surface area (Å²) in [5, 5.41) is 11.8. The van der Waals surface area contributed by atoms with E-state index in [0.29, 0.717) is 80.2 Å². The number of pyridine rings is 1. The predicted octanol–water partition coefficient (Wildman–Crippen LogP) is 5.40. The number of hydrogen-bond donors (Lipinski definition) is 0. The van der Waals surface area contributed by atoms with Gasteiger partial charge in [-0.15, -0.1) is 10.2 Å². The van der Waals surface area contributed by atoms with Crippen molar-refractivity contribution in [1.82, 2.24) is 15.2 Å². The number of carbonyl (C=O) groups excluding carboxylic acids is 1. The molecule has 184 valence electrons. The van der Waals surface area contributed by atoms with Crippen LogP contribution in [0.3, 0.4) is 0 Å². The summed E-state index contributed by atoms with van der Waals surface area (Å²) in [6.45, 7) is 1.57. The highest BCUT2D eigenvalue weighted by molar-refractivity contribution is 7.98. The lowest BCUT2D eigenvalue weighted by atomic mass is 10.1. The van der Waals surface area contributed by atoms with Crippen LogP contribution >= 0.6 is 11.8 Å². The van der Waals surface area contributed by atoms with Crippen molar-refractivity contribution in [3.63, 3.8) is 0 Å². The molecule has 0 aliphatic rings. The van der Waals surface area contributed by atoms with Crippen LogP contribution in [0.15, 0.2) is 57.3 Å². The molecule has 0 aliphatic heterocycles. The number of rotatable bonds is 16. The first-order valence-electron chi connectivity index (χ1n) is 11.0. The summed E-state index contributed by atoms with van der Waals surface area (Å²) in [4.78, 5) is 18.9. The fourth-order valence-electron chi connectivity index (χ4n) is 2.90. The van der Waals surface area contributed by atoms with Gasteiger partial charge in [-0.2, -0.15) is 0 Å². The van der Waals surface area contributed by atoms with Crippen molar-refractivity contribution >= 4 is 17.5 Å². The fraction of sp³-hybridized carbons (Fsp3) is 0.391. The number of azide groups is 1. The van der Waals surface area contributed by atoms with Crippen LogP contribution in [0.4, 0.5) is 4.39 Å². The number of ether oxygens (including phenoxy) is 2. The fourth-order valence-corrected chi connectivity index (χ4v) is 3.58. The van der Waals surface area contributed by atoms with E-state index < -0.39 is 0 Å². The molecule has 0 saturated carbocycles. The van der Waals surface area contributed by atoms with E-state index in [9.17, 15) is 9.18 Å². The first-order chi connectivity index (χ1) is 17.1. The van der Waals surface area contributed by atoms with Gasteiger partial charge in [0.05, 0.1) is 25.1 Å². The summed E-state index contributed by atoms with van der Waals surface area (Å²) in [6, 6.07) is 9.53. The van der Waals surface area contributed by atoms with Gasteiger partial charge in [0, 0.05) is 42.2 Å². The molecule has 0 amide bonds. The molecule has 0 bridgehead atoms. The van der Waals surface area contributed by atoms with E-state index in [2.05, 4.69) is 25.2 Å². The average Bonchev–Trinajstić information content (AvgIpc) is 3.35. The van der Waals surface area contributed by atoms with E-state index in [1.165, 1.54) is 23.9 Å². The maximum absolute atomic E-state index is 13.0. The number of carbonyl (C=O) groups is 1. The zero-order valence-electron chi connectivity index (χ0n) is 19.0. The quantitative estimate of drug-likeness (QED) is 0.0838. The normalized spacial score (nSPS) is 10.7. The van der Waals surface area contributed by atoms with Gasteiger partial charge in [-0.05, 0) is 54.8 Å². The molecule has 35 heavy (non-hydrogen) atoms. The summed E-state index contributed by atoms with van der Waals surface area (Å²) >= 11 is 1.35. The first kappa shape index (κ1) is 26.1. The summed E-state index contributed by atoms with van der Waals surface area (Å²) in [6.07, 6.45) is 3.83. The number of Topliss-reactive ketones (excluding diaryl/α,β-unsaturated/α-hetero) is 1. The third kappa shape index (κ3) is 9.73. The Labute approximate surface area is 205 Å². The molecule has 0 aliphatic carbocycles. The van der Waals surface area contributed by atoms with Crippen LogP contribution in [0.2, 0.25) is 0 Å². The molecular formula is C23H25FN6O4S. The van der Waals surface area contributed by atoms with Gasteiger partial charge in [0.2, 0.25) is 5.89 Å². The number of nitrogens with zero attached hydrogens (tertiary/aromatic N) is 6. The number of halogens is 1. The standard InChI is InChI=1S/C23H25FN6O4S/c24-18-7-5-17(6-8-18)22-28-29-23(34-22)35-16-19-9-10-21(15-26-19)33-13-2-4-20(31)3-1-12-32-14-11-27-30-25/h5-10,15H,1-4,11-14,16H2. The van der Waals surface area contributed by atoms with Gasteiger partial charge in [-0.25, -0.2) is 4.39 Å². The number of benzene rings is 1. The molecule has 0 saturated heterocycles. The van der Waals surface area contributed by atoms with Crippen molar-refractivity contribution in [3.8, 4) is 17.2 Å². The Morgan fingerprint density at radius 2 is 1.89 bits per heavy atom. The Balaban J connectivity index is 1.29. The van der Waals surface area contributed by atoms with Crippen LogP contribution in [0.1, 0.15) is 31.4 Å². The molecule has 0 N–H and O–H groups in total. The van der Waals surface area contributed by atoms with E-state index in [1.807, 2.05) is 12.1 Å². The topological polar surface area (TPSA) is 136 Å². The van der Waals surface area contributed by atoms with Gasteiger partial charge in [0.1, 0.15) is 17.3 Å². The second kappa shape index (κ2) is 14.7. The molecule has 0 spiro atoms. The van der Waals surface area contributed by atoms with Crippen molar-refractivity contribution < 1.29 is 23.1 Å². The monoisotopic (exact) mass is 500 g/mol. The zero-order valence-corrected chi connectivity index (χ0v) is 19.8. The lowest BCUT2D eigenvalue weighted by Crippen LogP contribution is -2.06. The van der Waals surface area contributed by atoms with Crippen LogP contribution in [-0.4, -0.2) is 47.3 Å². The maximum Gasteiger partial charge on any atom is 0.277 e. The van der Waals surface area contributed by atoms with Gasteiger partial charge in [-0.1, -0.05) is 16.9 Å². The molecular weight excluding hydrogens is 475 g/mol. The molecule has 0 unspecified atom stereocenters. The van der Waals surface area contributed by atoms with Crippen LogP contribution < -0.4 is 4.74 Å². The third-order valence-corrected chi connectivity index (χ3v) is 5.50. The van der Waals surface area contributed by atoms with Crippen molar-refractivity contribution in [2.24, 2.45) is 5.11 Å². The van der Waals surface area contributed by atoms with Gasteiger partial charge >= 0.3 is 0 Å². The molecule has 3 rings (SSSR count). The van der Waals surface area contributed by atoms with Gasteiger partial charge in [0.15, 0.2) is 0 Å². The minimum atomic E-state index is -0.326. The molecule has 12 heteroatoms. The van der Waals surface area contributed by atoms with Gasteiger partial charge < -0.3 is 13.9 Å². The maximum atomic E-state index is 13.0. The molecule has 0 radical (unpaired) electrons. The molecule has 0 atom stereocenters. The number of ketones is 1. The van der Waals surface area contributed by atoms with Crippen LogP contribution in [0.25, 0.3) is 21.9 Å². The minimum absolute atomic E-state index is 0.168. The Kier molecular flexibility index (Phi) is 11.0. The van der Waals surface area contributed by atoms with Gasteiger partial charge in [0.25, 0.3) is 5.22 Å². The first-order valence-corrected chi connectivity index (χ1v) is 12.0. The molecule has 1 aromatic carbocycles. The van der Waals surface area contributed by atoms with Gasteiger partial charge in [-0.3, -0.25) is 9.78 Å². The summed E-state index contributed by atoms with van der Waals surface area (Å²) in [5.74, 6) is 1.35. The lowest BCUT2D eigenvalue weighted by molar-refractivity contribution is -0.119. The Hall–Kier alpha value is -3.47. The smallest absolute Gasteiger partial charge is 0.277 e. The average molecular weight is 501 g/mol. The predicted molar refractivity (Wildman–Crippen MR) is 127 cm³/mol. The van der Waals surface area contributed by atoms with Crippen molar-refractivity contribution in [2.45, 2.75) is 36.7 Å². The van der Waals surface area contributed by atoms with E-state index in [0.717, 1.165) is 5.69 Å². The largest absolute Gasteiger partial charge is 0.492 e. The van der Waals surface area contributed by atoms with E-state index in [-0.39, 0.29) is 11.6 Å². The lowest BCUT2D eigenvalue weighted by Gasteiger charge is -2.06. The molecule has 0 fully saturated rings. The van der Waals surface area contributed by atoms with Crippen LogP contribution in [0.5, 0.6) is 5.75 Å². The highest BCUT2D eigenvalue weighted by atomic mass is 32.2. The minimum Gasteiger partial charge on any atom is -0.492 e. The van der Waals surface area contributed by atoms with Crippen molar-refractivity contribution in [2.75, 3.05) is 26.4 Å². The number of aromatic nitrogens is 3.